The van der Waals surface area contributed by atoms with Crippen LogP contribution >= 0.6 is 0 Å². The molecule has 0 aliphatic heterocycles. The Balaban J connectivity index is 1.58. The van der Waals surface area contributed by atoms with Crippen molar-refractivity contribution in [3.8, 4) is 5.75 Å². The summed E-state index contributed by atoms with van der Waals surface area (Å²) in [4.78, 5) is 23.9. The summed E-state index contributed by atoms with van der Waals surface area (Å²) < 4.78 is 0. The van der Waals surface area contributed by atoms with Crippen LogP contribution in [0.3, 0.4) is 0 Å². The number of hydrogen-bond acceptors (Lipinski definition) is 4. The van der Waals surface area contributed by atoms with Crippen molar-refractivity contribution in [1.82, 2.24) is 10.7 Å². The summed E-state index contributed by atoms with van der Waals surface area (Å²) in [5.74, 6) is -1.18. The summed E-state index contributed by atoms with van der Waals surface area (Å²) in [6, 6.07) is 18.7. The normalized spacial score (nSPS) is 11.1. The number of rotatable bonds is 5. The van der Waals surface area contributed by atoms with Gasteiger partial charge >= 0.3 is 11.8 Å². The predicted molar refractivity (Wildman–Crippen MR) is 114 cm³/mol. The monoisotopic (exact) mass is 389 g/mol. The minimum absolute atomic E-state index is 0.0380. The lowest BCUT2D eigenvalue weighted by atomic mass is 10.0. The molecule has 6 nitrogen and oxygen atoms in total. The van der Waals surface area contributed by atoms with Crippen molar-refractivity contribution in [3.63, 3.8) is 0 Å². The lowest BCUT2D eigenvalue weighted by molar-refractivity contribution is -0.139. The number of amides is 2. The highest BCUT2D eigenvalue weighted by Crippen LogP contribution is 2.25. The van der Waals surface area contributed by atoms with Crippen molar-refractivity contribution in [1.29, 1.82) is 0 Å². The van der Waals surface area contributed by atoms with E-state index in [0.29, 0.717) is 11.5 Å². The third-order valence-electron chi connectivity index (χ3n) is 4.61. The maximum absolute atomic E-state index is 12.0. The van der Waals surface area contributed by atoms with Gasteiger partial charge in [0.2, 0.25) is 0 Å². The van der Waals surface area contributed by atoms with Crippen LogP contribution in [0.1, 0.15) is 36.5 Å². The standard InChI is InChI=1S/C23H23N3O3/c1-15(2)17-9-7-16(8-10-17)13-24-22(28)23(29)26-25-14-20-19-6-4-3-5-18(19)11-12-21(20)27/h3-12,14-15,27H,13H2,1-2H3,(H,24,28)(H,26,29)/b25-14+. The maximum Gasteiger partial charge on any atom is 0.329 e. The van der Waals surface area contributed by atoms with Crippen LogP contribution in [0.5, 0.6) is 5.75 Å². The number of hydrazone groups is 1. The first-order valence-corrected chi connectivity index (χ1v) is 9.36. The number of nitrogens with one attached hydrogen (secondary N) is 2. The lowest BCUT2D eigenvalue weighted by Gasteiger charge is -2.08. The van der Waals surface area contributed by atoms with E-state index in [1.165, 1.54) is 11.8 Å². The van der Waals surface area contributed by atoms with E-state index < -0.39 is 11.8 Å². The van der Waals surface area contributed by atoms with Gasteiger partial charge in [-0.15, -0.1) is 0 Å². The van der Waals surface area contributed by atoms with Crippen molar-refractivity contribution >= 4 is 28.8 Å². The van der Waals surface area contributed by atoms with Crippen LogP contribution in [0, 0.1) is 0 Å². The van der Waals surface area contributed by atoms with E-state index in [2.05, 4.69) is 29.7 Å². The van der Waals surface area contributed by atoms with E-state index in [-0.39, 0.29) is 12.3 Å². The average Bonchev–Trinajstić information content (AvgIpc) is 2.73. The SMILES string of the molecule is CC(C)c1ccc(CNC(=O)C(=O)N/N=C/c2c(O)ccc3ccccc23)cc1. The Bertz CT molecular complexity index is 1060. The molecule has 0 spiro atoms. The molecule has 0 heterocycles. The number of fused-ring (bicyclic) bond motifs is 1. The molecular formula is C23H23N3O3. The molecule has 0 radical (unpaired) electrons. The Kier molecular flexibility index (Phi) is 6.24. The van der Waals surface area contributed by atoms with Crippen LogP contribution in [0.25, 0.3) is 10.8 Å². The lowest BCUT2D eigenvalue weighted by Crippen LogP contribution is -2.37. The molecule has 29 heavy (non-hydrogen) atoms. The molecule has 0 fully saturated rings. The number of phenolic OH excluding ortho intramolecular Hbond substituents is 1. The third kappa shape index (κ3) is 4.99. The minimum atomic E-state index is -0.875. The summed E-state index contributed by atoms with van der Waals surface area (Å²) >= 11 is 0. The second-order valence-electron chi connectivity index (χ2n) is 7.00. The van der Waals surface area contributed by atoms with Gasteiger partial charge in [-0.25, -0.2) is 5.43 Å². The van der Waals surface area contributed by atoms with Gasteiger partial charge in [-0.2, -0.15) is 5.10 Å². The average molecular weight is 389 g/mol. The van der Waals surface area contributed by atoms with Gasteiger partial charge in [0.05, 0.1) is 6.21 Å². The van der Waals surface area contributed by atoms with Gasteiger partial charge in [0.15, 0.2) is 0 Å². The van der Waals surface area contributed by atoms with E-state index in [1.54, 1.807) is 12.1 Å². The molecule has 0 saturated carbocycles. The molecule has 0 unspecified atom stereocenters. The zero-order valence-electron chi connectivity index (χ0n) is 16.3. The summed E-state index contributed by atoms with van der Waals surface area (Å²) in [5, 5.41) is 18.2. The van der Waals surface area contributed by atoms with Crippen LogP contribution in [-0.2, 0) is 16.1 Å². The third-order valence-corrected chi connectivity index (χ3v) is 4.61. The Morgan fingerprint density at radius 3 is 2.45 bits per heavy atom. The molecule has 0 aliphatic rings. The van der Waals surface area contributed by atoms with Crippen molar-refractivity contribution < 1.29 is 14.7 Å². The fourth-order valence-corrected chi connectivity index (χ4v) is 2.91. The largest absolute Gasteiger partial charge is 0.507 e. The van der Waals surface area contributed by atoms with E-state index in [1.807, 2.05) is 48.5 Å². The number of hydrogen-bond donors (Lipinski definition) is 3. The number of nitrogens with zero attached hydrogens (tertiary/aromatic N) is 1. The summed E-state index contributed by atoms with van der Waals surface area (Å²) in [6.45, 7) is 4.47. The van der Waals surface area contributed by atoms with E-state index >= 15 is 0 Å². The Labute approximate surface area is 169 Å². The van der Waals surface area contributed by atoms with Crippen LogP contribution in [0.15, 0.2) is 65.8 Å². The number of carbonyl (C=O) groups excluding carboxylic acids is 2. The fourth-order valence-electron chi connectivity index (χ4n) is 2.91. The highest BCUT2D eigenvalue weighted by atomic mass is 16.3. The molecule has 3 rings (SSSR count). The van der Waals surface area contributed by atoms with Crippen LogP contribution < -0.4 is 10.7 Å². The van der Waals surface area contributed by atoms with Gasteiger partial charge in [0.1, 0.15) is 5.75 Å². The molecule has 2 amide bonds. The van der Waals surface area contributed by atoms with Crippen molar-refractivity contribution in [2.45, 2.75) is 26.3 Å². The first kappa shape index (κ1) is 20.1. The van der Waals surface area contributed by atoms with Gasteiger partial charge in [-0.3, -0.25) is 9.59 Å². The number of carbonyl (C=O) groups is 2. The van der Waals surface area contributed by atoms with Gasteiger partial charge in [-0.05, 0) is 33.9 Å². The first-order valence-electron chi connectivity index (χ1n) is 9.36. The zero-order valence-corrected chi connectivity index (χ0v) is 16.3. The fraction of sp³-hybridized carbons (Fsp3) is 0.174. The maximum atomic E-state index is 12.0. The first-order chi connectivity index (χ1) is 14.0. The number of benzene rings is 3. The minimum Gasteiger partial charge on any atom is -0.507 e. The topological polar surface area (TPSA) is 90.8 Å². The molecule has 0 aliphatic carbocycles. The summed E-state index contributed by atoms with van der Waals surface area (Å²) in [5.41, 5.74) is 4.77. The molecular weight excluding hydrogens is 366 g/mol. The van der Waals surface area contributed by atoms with E-state index in [0.717, 1.165) is 16.3 Å². The quantitative estimate of drug-likeness (QED) is 0.355. The van der Waals surface area contributed by atoms with Crippen molar-refractivity contribution in [3.05, 3.63) is 77.4 Å². The Morgan fingerprint density at radius 2 is 1.72 bits per heavy atom. The van der Waals surface area contributed by atoms with Crippen molar-refractivity contribution in [2.75, 3.05) is 0 Å². The van der Waals surface area contributed by atoms with E-state index in [4.69, 9.17) is 0 Å². The molecule has 3 aromatic carbocycles. The Hall–Kier alpha value is -3.67. The number of phenols is 1. The molecule has 6 heteroatoms. The Morgan fingerprint density at radius 1 is 1.00 bits per heavy atom. The number of aromatic hydroxyl groups is 1. The van der Waals surface area contributed by atoms with Crippen LogP contribution in [0.2, 0.25) is 0 Å². The van der Waals surface area contributed by atoms with Crippen LogP contribution in [0.4, 0.5) is 0 Å². The van der Waals surface area contributed by atoms with Gasteiger partial charge < -0.3 is 10.4 Å². The van der Waals surface area contributed by atoms with Gasteiger partial charge in [-0.1, -0.05) is 68.4 Å². The summed E-state index contributed by atoms with van der Waals surface area (Å²) in [6.07, 6.45) is 1.33. The van der Waals surface area contributed by atoms with E-state index in [9.17, 15) is 14.7 Å². The molecule has 3 N–H and O–H groups in total. The highest BCUT2D eigenvalue weighted by molar-refractivity contribution is 6.35. The zero-order chi connectivity index (χ0) is 20.8. The van der Waals surface area contributed by atoms with Gasteiger partial charge in [0.25, 0.3) is 0 Å². The molecule has 0 atom stereocenters. The molecule has 0 aromatic heterocycles. The highest BCUT2D eigenvalue weighted by Gasteiger charge is 2.12. The van der Waals surface area contributed by atoms with Gasteiger partial charge in [0, 0.05) is 12.1 Å². The van der Waals surface area contributed by atoms with Crippen LogP contribution in [-0.4, -0.2) is 23.1 Å². The van der Waals surface area contributed by atoms with Crippen molar-refractivity contribution in [2.24, 2.45) is 5.10 Å². The molecule has 0 saturated heterocycles. The summed E-state index contributed by atoms with van der Waals surface area (Å²) in [7, 11) is 0. The molecule has 0 bridgehead atoms. The smallest absolute Gasteiger partial charge is 0.329 e. The second-order valence-corrected chi connectivity index (χ2v) is 7.00. The molecule has 3 aromatic rings. The predicted octanol–water partition coefficient (Wildman–Crippen LogP) is 3.44. The second kappa shape index (κ2) is 9.01. The molecule has 148 valence electrons.